The van der Waals surface area contributed by atoms with Crippen molar-refractivity contribution in [1.82, 2.24) is 4.98 Å². The number of benzene rings is 1. The fraction of sp³-hybridized carbons (Fsp3) is 0.250. The third kappa shape index (κ3) is 1.23. The number of rotatable bonds is 2. The number of Topliss-reactive ketones (excluding diaryl/α,β-unsaturated/α-hetero) is 1. The number of aliphatic hydroxyl groups excluding tert-OH is 1. The maximum atomic E-state index is 11.4. The Morgan fingerprint density at radius 2 is 2.31 bits per heavy atom. The standard InChI is InChI=1S/C12H12N2O2/c15-6-12(16)11-5-8-7-3-4-13-9(7)1-2-10(8)14-11/h1-2,5,13-15H,3-4,6H2. The third-order valence-electron chi connectivity index (χ3n) is 3.05. The van der Waals surface area contributed by atoms with Crippen LogP contribution in [-0.4, -0.2) is 29.0 Å². The first kappa shape index (κ1) is 9.42. The number of aliphatic hydroxyl groups is 1. The van der Waals surface area contributed by atoms with Crippen molar-refractivity contribution < 1.29 is 9.90 Å². The normalized spacial score (nSPS) is 13.8. The van der Waals surface area contributed by atoms with Crippen LogP contribution in [0, 0.1) is 0 Å². The molecule has 82 valence electrons. The predicted molar refractivity (Wildman–Crippen MR) is 61.9 cm³/mol. The van der Waals surface area contributed by atoms with Crippen molar-refractivity contribution in [1.29, 1.82) is 0 Å². The predicted octanol–water partition coefficient (Wildman–Crippen LogP) is 1.31. The summed E-state index contributed by atoms with van der Waals surface area (Å²) in [6.45, 7) is 0.496. The molecule has 3 N–H and O–H groups in total. The van der Waals surface area contributed by atoms with Crippen LogP contribution in [0.3, 0.4) is 0 Å². The van der Waals surface area contributed by atoms with Crippen LogP contribution < -0.4 is 5.32 Å². The third-order valence-corrected chi connectivity index (χ3v) is 3.05. The summed E-state index contributed by atoms with van der Waals surface area (Å²) >= 11 is 0. The van der Waals surface area contributed by atoms with Gasteiger partial charge in [-0.2, -0.15) is 0 Å². The molecule has 0 unspecified atom stereocenters. The van der Waals surface area contributed by atoms with Crippen molar-refractivity contribution in [3.8, 4) is 0 Å². The lowest BCUT2D eigenvalue weighted by Crippen LogP contribution is -2.03. The summed E-state index contributed by atoms with van der Waals surface area (Å²) in [6.07, 6.45) is 0.983. The molecule has 1 aliphatic rings. The van der Waals surface area contributed by atoms with Crippen molar-refractivity contribution in [2.24, 2.45) is 0 Å². The van der Waals surface area contributed by atoms with Gasteiger partial charge in [-0.3, -0.25) is 4.79 Å². The van der Waals surface area contributed by atoms with Gasteiger partial charge >= 0.3 is 0 Å². The molecular weight excluding hydrogens is 204 g/mol. The van der Waals surface area contributed by atoms with E-state index in [0.717, 1.165) is 29.6 Å². The van der Waals surface area contributed by atoms with E-state index in [1.807, 2.05) is 18.2 Å². The van der Waals surface area contributed by atoms with Crippen LogP contribution in [-0.2, 0) is 6.42 Å². The van der Waals surface area contributed by atoms with E-state index >= 15 is 0 Å². The van der Waals surface area contributed by atoms with Crippen LogP contribution in [0.4, 0.5) is 5.69 Å². The quantitative estimate of drug-likeness (QED) is 0.663. The van der Waals surface area contributed by atoms with E-state index in [4.69, 9.17) is 5.11 Å². The van der Waals surface area contributed by atoms with Gasteiger partial charge < -0.3 is 15.4 Å². The Morgan fingerprint density at radius 3 is 3.12 bits per heavy atom. The lowest BCUT2D eigenvalue weighted by molar-refractivity contribution is 0.0899. The Kier molecular flexibility index (Phi) is 1.97. The first-order valence-corrected chi connectivity index (χ1v) is 5.32. The van der Waals surface area contributed by atoms with Gasteiger partial charge in [0.2, 0.25) is 5.78 Å². The molecule has 0 atom stereocenters. The number of ketones is 1. The highest BCUT2D eigenvalue weighted by Crippen LogP contribution is 2.30. The zero-order valence-corrected chi connectivity index (χ0v) is 8.71. The second kappa shape index (κ2) is 3.35. The minimum absolute atomic E-state index is 0.268. The fourth-order valence-electron chi connectivity index (χ4n) is 2.26. The molecule has 4 nitrogen and oxygen atoms in total. The van der Waals surface area contributed by atoms with Gasteiger partial charge in [-0.1, -0.05) is 0 Å². The highest BCUT2D eigenvalue weighted by Gasteiger charge is 2.16. The van der Waals surface area contributed by atoms with E-state index in [1.165, 1.54) is 5.56 Å². The van der Waals surface area contributed by atoms with E-state index in [-0.39, 0.29) is 5.78 Å². The molecule has 4 heteroatoms. The molecule has 1 aliphatic heterocycles. The number of aromatic amines is 1. The summed E-state index contributed by atoms with van der Waals surface area (Å²) in [5.41, 5.74) is 3.84. The van der Waals surface area contributed by atoms with E-state index < -0.39 is 6.61 Å². The van der Waals surface area contributed by atoms with E-state index in [9.17, 15) is 4.79 Å². The molecule has 2 heterocycles. The van der Waals surface area contributed by atoms with Crippen molar-refractivity contribution in [2.45, 2.75) is 6.42 Å². The van der Waals surface area contributed by atoms with Gasteiger partial charge in [0.05, 0.1) is 5.69 Å². The highest BCUT2D eigenvalue weighted by molar-refractivity contribution is 6.01. The molecule has 3 rings (SSSR count). The number of hydrogen-bond acceptors (Lipinski definition) is 3. The largest absolute Gasteiger partial charge is 0.388 e. The molecule has 2 aromatic rings. The van der Waals surface area contributed by atoms with Crippen LogP contribution in [0.15, 0.2) is 18.2 Å². The van der Waals surface area contributed by atoms with Gasteiger partial charge in [0.15, 0.2) is 0 Å². The summed E-state index contributed by atoms with van der Waals surface area (Å²) in [5.74, 6) is -0.268. The molecule has 0 amide bonds. The smallest absolute Gasteiger partial charge is 0.204 e. The van der Waals surface area contributed by atoms with Gasteiger partial charge in [-0.15, -0.1) is 0 Å². The lowest BCUT2D eigenvalue weighted by Gasteiger charge is -1.99. The first-order valence-electron chi connectivity index (χ1n) is 5.32. The van der Waals surface area contributed by atoms with Crippen LogP contribution in [0.5, 0.6) is 0 Å². The summed E-state index contributed by atoms with van der Waals surface area (Å²) in [6, 6.07) is 5.81. The summed E-state index contributed by atoms with van der Waals surface area (Å²) in [4.78, 5) is 14.4. The van der Waals surface area contributed by atoms with E-state index in [0.29, 0.717) is 5.69 Å². The Balaban J connectivity index is 2.21. The number of nitrogens with one attached hydrogen (secondary N) is 2. The SMILES string of the molecule is O=C(CO)c1cc2c3c(ccc2[nH]1)NCC3. The molecule has 0 bridgehead atoms. The van der Waals surface area contributed by atoms with Crippen LogP contribution in [0.25, 0.3) is 10.9 Å². The molecule has 0 spiro atoms. The molecule has 16 heavy (non-hydrogen) atoms. The zero-order valence-electron chi connectivity index (χ0n) is 8.71. The summed E-state index contributed by atoms with van der Waals surface area (Å²) in [7, 11) is 0. The topological polar surface area (TPSA) is 65.1 Å². The van der Waals surface area contributed by atoms with Crippen LogP contribution in [0.2, 0.25) is 0 Å². The highest BCUT2D eigenvalue weighted by atomic mass is 16.3. The van der Waals surface area contributed by atoms with Gasteiger partial charge in [-0.05, 0) is 30.2 Å². The average molecular weight is 216 g/mol. The molecule has 0 saturated carbocycles. The lowest BCUT2D eigenvalue weighted by atomic mass is 10.1. The molecule has 1 aromatic heterocycles. The van der Waals surface area contributed by atoms with E-state index in [2.05, 4.69) is 10.3 Å². The second-order valence-electron chi connectivity index (χ2n) is 3.99. The summed E-state index contributed by atoms with van der Waals surface area (Å²) in [5, 5.41) is 13.2. The van der Waals surface area contributed by atoms with Crippen molar-refractivity contribution >= 4 is 22.4 Å². The van der Waals surface area contributed by atoms with Crippen LogP contribution in [0.1, 0.15) is 16.1 Å². The number of H-pyrrole nitrogens is 1. The zero-order chi connectivity index (χ0) is 11.1. The molecule has 0 saturated heterocycles. The molecular formula is C12H12N2O2. The van der Waals surface area contributed by atoms with Crippen molar-refractivity contribution in [3.63, 3.8) is 0 Å². The second-order valence-corrected chi connectivity index (χ2v) is 3.99. The Hall–Kier alpha value is -1.81. The Bertz CT molecular complexity index is 572. The Morgan fingerprint density at radius 1 is 1.44 bits per heavy atom. The number of anilines is 1. The molecule has 0 aliphatic carbocycles. The maximum absolute atomic E-state index is 11.4. The van der Waals surface area contributed by atoms with Gasteiger partial charge in [0, 0.05) is 23.1 Å². The Labute approximate surface area is 92.3 Å². The van der Waals surface area contributed by atoms with Gasteiger partial charge in [0.25, 0.3) is 0 Å². The maximum Gasteiger partial charge on any atom is 0.204 e. The summed E-state index contributed by atoms with van der Waals surface area (Å²) < 4.78 is 0. The number of fused-ring (bicyclic) bond motifs is 3. The first-order chi connectivity index (χ1) is 7.79. The molecule has 1 aromatic carbocycles. The molecule has 0 radical (unpaired) electrons. The van der Waals surface area contributed by atoms with Crippen LogP contribution >= 0.6 is 0 Å². The number of aromatic nitrogens is 1. The minimum Gasteiger partial charge on any atom is -0.388 e. The van der Waals surface area contributed by atoms with Crippen molar-refractivity contribution in [2.75, 3.05) is 18.5 Å². The van der Waals surface area contributed by atoms with Crippen molar-refractivity contribution in [3.05, 3.63) is 29.5 Å². The monoisotopic (exact) mass is 216 g/mol. The minimum atomic E-state index is -0.451. The van der Waals surface area contributed by atoms with Gasteiger partial charge in [-0.25, -0.2) is 0 Å². The number of carbonyl (C=O) groups is 1. The average Bonchev–Trinajstić information content (AvgIpc) is 2.92. The fourth-order valence-corrected chi connectivity index (χ4v) is 2.26. The number of carbonyl (C=O) groups excluding carboxylic acids is 1. The number of hydrogen-bond donors (Lipinski definition) is 3. The van der Waals surface area contributed by atoms with E-state index in [1.54, 1.807) is 0 Å². The van der Waals surface area contributed by atoms with Gasteiger partial charge in [0.1, 0.15) is 6.61 Å². The molecule has 0 fully saturated rings.